The monoisotopic (exact) mass is 280 g/mol. The number of ether oxygens (including phenoxy) is 1. The van der Waals surface area contributed by atoms with Crippen molar-refractivity contribution in [2.24, 2.45) is 0 Å². The van der Waals surface area contributed by atoms with Crippen molar-refractivity contribution in [2.75, 3.05) is 7.11 Å². The summed E-state index contributed by atoms with van der Waals surface area (Å²) in [6.45, 7) is 0. The minimum atomic E-state index is -0.485. The van der Waals surface area contributed by atoms with Crippen LogP contribution in [-0.4, -0.2) is 12.0 Å². The molecule has 0 aliphatic carbocycles. The Hall–Kier alpha value is -3.13. The number of hydrogen-bond acceptors (Lipinski definition) is 4. The summed E-state index contributed by atoms with van der Waals surface area (Å²) in [5.41, 5.74) is 1.53. The minimum Gasteiger partial charge on any atom is -0.496 e. The molecule has 0 spiro atoms. The lowest BCUT2D eigenvalue weighted by Crippen LogP contribution is -1.90. The average Bonchev–Trinajstić information content (AvgIpc) is 2.53. The van der Waals surface area contributed by atoms with Crippen molar-refractivity contribution in [3.8, 4) is 11.8 Å². The average molecular weight is 280 g/mol. The highest BCUT2D eigenvalue weighted by molar-refractivity contribution is 5.91. The van der Waals surface area contributed by atoms with E-state index in [0.29, 0.717) is 16.9 Å². The summed E-state index contributed by atoms with van der Waals surface area (Å²) >= 11 is 0. The third kappa shape index (κ3) is 3.25. The first-order valence-corrected chi connectivity index (χ1v) is 6.15. The van der Waals surface area contributed by atoms with Crippen LogP contribution >= 0.6 is 0 Å². The number of nitriles is 1. The van der Waals surface area contributed by atoms with Gasteiger partial charge >= 0.3 is 0 Å². The molecule has 0 N–H and O–H groups in total. The molecule has 0 radical (unpaired) electrons. The van der Waals surface area contributed by atoms with Crippen LogP contribution in [0.2, 0.25) is 0 Å². The van der Waals surface area contributed by atoms with Crippen LogP contribution < -0.4 is 4.74 Å². The molecule has 0 bridgehead atoms. The standard InChI is InChI=1S/C16H12N2O3/c1-21-16-8-3-2-5-13(16)9-14(11-17)12-6-4-7-15(10-12)18(19)20/h2-10H,1H3. The van der Waals surface area contributed by atoms with Gasteiger partial charge in [-0.05, 0) is 17.7 Å². The number of allylic oxidation sites excluding steroid dienone is 1. The van der Waals surface area contributed by atoms with Crippen molar-refractivity contribution in [1.82, 2.24) is 0 Å². The Kier molecular flexibility index (Phi) is 4.32. The van der Waals surface area contributed by atoms with Crippen molar-refractivity contribution in [2.45, 2.75) is 0 Å². The summed E-state index contributed by atoms with van der Waals surface area (Å²) in [6.07, 6.45) is 1.65. The fourth-order valence-corrected chi connectivity index (χ4v) is 1.91. The van der Waals surface area contributed by atoms with Crippen LogP contribution in [0.1, 0.15) is 11.1 Å². The molecule has 2 aromatic carbocycles. The maximum atomic E-state index is 10.8. The molecule has 0 heterocycles. The molecule has 2 rings (SSSR count). The zero-order valence-corrected chi connectivity index (χ0v) is 11.3. The van der Waals surface area contributed by atoms with E-state index in [1.165, 1.54) is 12.1 Å². The number of benzene rings is 2. The van der Waals surface area contributed by atoms with Crippen molar-refractivity contribution < 1.29 is 9.66 Å². The number of hydrogen-bond donors (Lipinski definition) is 0. The van der Waals surface area contributed by atoms with Gasteiger partial charge in [0.2, 0.25) is 0 Å². The predicted molar refractivity (Wildman–Crippen MR) is 79.6 cm³/mol. The number of nitro groups is 1. The maximum Gasteiger partial charge on any atom is 0.270 e. The lowest BCUT2D eigenvalue weighted by atomic mass is 10.0. The summed E-state index contributed by atoms with van der Waals surface area (Å²) in [6, 6.07) is 15.3. The van der Waals surface area contributed by atoms with Gasteiger partial charge in [0.1, 0.15) is 5.75 Å². The quantitative estimate of drug-likeness (QED) is 0.370. The van der Waals surface area contributed by atoms with E-state index < -0.39 is 4.92 Å². The van der Waals surface area contributed by atoms with Crippen LogP contribution in [0.15, 0.2) is 48.5 Å². The molecule has 21 heavy (non-hydrogen) atoms. The highest BCUT2D eigenvalue weighted by atomic mass is 16.6. The van der Waals surface area contributed by atoms with Gasteiger partial charge in [-0.25, -0.2) is 0 Å². The largest absolute Gasteiger partial charge is 0.496 e. The lowest BCUT2D eigenvalue weighted by molar-refractivity contribution is -0.384. The Morgan fingerprint density at radius 1 is 1.29 bits per heavy atom. The molecule has 2 aromatic rings. The van der Waals surface area contributed by atoms with Gasteiger partial charge in [-0.1, -0.05) is 30.3 Å². The zero-order chi connectivity index (χ0) is 15.2. The molecule has 0 saturated heterocycles. The summed E-state index contributed by atoms with van der Waals surface area (Å²) in [7, 11) is 1.55. The third-order valence-electron chi connectivity index (χ3n) is 2.93. The van der Waals surface area contributed by atoms with E-state index in [0.717, 1.165) is 5.56 Å². The second kappa shape index (κ2) is 6.35. The molecule has 0 aliphatic heterocycles. The number of para-hydroxylation sites is 1. The molecule has 5 nitrogen and oxygen atoms in total. The molecule has 0 saturated carbocycles. The van der Waals surface area contributed by atoms with Crippen LogP contribution in [0.3, 0.4) is 0 Å². The van der Waals surface area contributed by atoms with Crippen LogP contribution in [0.25, 0.3) is 11.6 Å². The normalized spacial score (nSPS) is 10.8. The topological polar surface area (TPSA) is 76.2 Å². The third-order valence-corrected chi connectivity index (χ3v) is 2.93. The first-order valence-electron chi connectivity index (χ1n) is 6.15. The van der Waals surface area contributed by atoms with Gasteiger partial charge < -0.3 is 4.74 Å². The lowest BCUT2D eigenvalue weighted by Gasteiger charge is -2.05. The van der Waals surface area contributed by atoms with E-state index in [4.69, 9.17) is 4.74 Å². The molecule has 0 fully saturated rings. The summed E-state index contributed by atoms with van der Waals surface area (Å²) in [4.78, 5) is 10.3. The maximum absolute atomic E-state index is 10.8. The minimum absolute atomic E-state index is 0.0475. The predicted octanol–water partition coefficient (Wildman–Crippen LogP) is 3.67. The van der Waals surface area contributed by atoms with Gasteiger partial charge in [-0.3, -0.25) is 10.1 Å². The Balaban J connectivity index is 2.49. The fraction of sp³-hybridized carbons (Fsp3) is 0.0625. The van der Waals surface area contributed by atoms with E-state index in [1.807, 2.05) is 18.2 Å². The first kappa shape index (κ1) is 14.3. The van der Waals surface area contributed by atoms with E-state index in [-0.39, 0.29) is 5.69 Å². The van der Waals surface area contributed by atoms with E-state index in [2.05, 4.69) is 6.07 Å². The van der Waals surface area contributed by atoms with E-state index >= 15 is 0 Å². The summed E-state index contributed by atoms with van der Waals surface area (Å²) in [5, 5.41) is 20.1. The number of nitrogens with zero attached hydrogens (tertiary/aromatic N) is 2. The van der Waals surface area contributed by atoms with Gasteiger partial charge in [-0.15, -0.1) is 0 Å². The van der Waals surface area contributed by atoms with Gasteiger partial charge in [-0.2, -0.15) is 5.26 Å². The second-order valence-electron chi connectivity index (χ2n) is 4.22. The van der Waals surface area contributed by atoms with E-state index in [1.54, 1.807) is 31.4 Å². The zero-order valence-electron chi connectivity index (χ0n) is 11.3. The Morgan fingerprint density at radius 3 is 2.71 bits per heavy atom. The molecule has 5 heteroatoms. The number of rotatable bonds is 4. The van der Waals surface area contributed by atoms with E-state index in [9.17, 15) is 15.4 Å². The van der Waals surface area contributed by atoms with Crippen LogP contribution in [0, 0.1) is 21.4 Å². The smallest absolute Gasteiger partial charge is 0.270 e. The van der Waals surface area contributed by atoms with Crippen molar-refractivity contribution in [3.05, 3.63) is 69.8 Å². The van der Waals surface area contributed by atoms with Crippen molar-refractivity contribution in [1.29, 1.82) is 5.26 Å². The fourth-order valence-electron chi connectivity index (χ4n) is 1.91. The van der Waals surface area contributed by atoms with Gasteiger partial charge in [0, 0.05) is 17.7 Å². The van der Waals surface area contributed by atoms with Crippen molar-refractivity contribution in [3.63, 3.8) is 0 Å². The first-order chi connectivity index (χ1) is 10.2. The molecule has 0 aromatic heterocycles. The van der Waals surface area contributed by atoms with Gasteiger partial charge in [0.15, 0.2) is 0 Å². The highest BCUT2D eigenvalue weighted by Crippen LogP contribution is 2.25. The van der Waals surface area contributed by atoms with Gasteiger partial charge in [0.25, 0.3) is 5.69 Å². The summed E-state index contributed by atoms with van der Waals surface area (Å²) < 4.78 is 5.23. The summed E-state index contributed by atoms with van der Waals surface area (Å²) in [5.74, 6) is 0.635. The Labute approximate surface area is 121 Å². The van der Waals surface area contributed by atoms with Crippen LogP contribution in [0.5, 0.6) is 5.75 Å². The number of methoxy groups -OCH3 is 1. The molecule has 104 valence electrons. The van der Waals surface area contributed by atoms with Crippen LogP contribution in [-0.2, 0) is 0 Å². The Bertz CT molecular complexity index is 745. The molecular formula is C16H12N2O3. The highest BCUT2D eigenvalue weighted by Gasteiger charge is 2.09. The number of non-ortho nitro benzene ring substituents is 1. The number of nitro benzene ring substituents is 1. The SMILES string of the molecule is COc1ccccc1C=C(C#N)c1cccc([N+](=O)[O-])c1. The molecular weight excluding hydrogens is 268 g/mol. The molecule has 0 aliphatic rings. The molecule has 0 atom stereocenters. The van der Waals surface area contributed by atoms with Crippen LogP contribution in [0.4, 0.5) is 5.69 Å². The van der Waals surface area contributed by atoms with Gasteiger partial charge in [0.05, 0.1) is 23.7 Å². The van der Waals surface area contributed by atoms with Crippen molar-refractivity contribution >= 4 is 17.3 Å². The Morgan fingerprint density at radius 2 is 2.05 bits per heavy atom. The molecule has 0 unspecified atom stereocenters. The molecule has 0 amide bonds. The second-order valence-corrected chi connectivity index (χ2v) is 4.22.